The number of hydrogen-bond acceptors (Lipinski definition) is 1. The highest BCUT2D eigenvalue weighted by Crippen LogP contribution is 2.41. The molecule has 0 radical (unpaired) electrons. The van der Waals surface area contributed by atoms with Gasteiger partial charge in [-0.15, -0.1) is 0 Å². The molecule has 60 heavy (non-hydrogen) atoms. The van der Waals surface area contributed by atoms with Crippen molar-refractivity contribution in [1.82, 2.24) is 4.57 Å². The lowest BCUT2D eigenvalue weighted by atomic mass is 10.00. The van der Waals surface area contributed by atoms with Gasteiger partial charge in [0.25, 0.3) is 0 Å². The molecule has 11 aromatic rings. The lowest BCUT2D eigenvalue weighted by molar-refractivity contribution is 1.18. The Morgan fingerprint density at radius 3 is 1.22 bits per heavy atom. The van der Waals surface area contributed by atoms with Crippen molar-refractivity contribution in [1.29, 1.82) is 0 Å². The molecule has 2 nitrogen and oxygen atoms in total. The Labute approximate surface area is 350 Å². The third kappa shape index (κ3) is 6.41. The van der Waals surface area contributed by atoms with Gasteiger partial charge in [0, 0.05) is 33.4 Å². The highest BCUT2D eigenvalue weighted by Gasteiger charge is 2.18. The summed E-state index contributed by atoms with van der Waals surface area (Å²) in [4.78, 5) is 2.35. The Balaban J connectivity index is 0.980. The fraction of sp³-hybridized carbons (Fsp3) is 0. The van der Waals surface area contributed by atoms with Crippen molar-refractivity contribution < 1.29 is 0 Å². The van der Waals surface area contributed by atoms with Crippen LogP contribution in [0.3, 0.4) is 0 Å². The first-order chi connectivity index (χ1) is 29.7. The van der Waals surface area contributed by atoms with Crippen LogP contribution in [0.5, 0.6) is 0 Å². The molecule has 0 unspecified atom stereocenters. The van der Waals surface area contributed by atoms with Gasteiger partial charge in [-0.3, -0.25) is 0 Å². The zero-order valence-corrected chi connectivity index (χ0v) is 33.0. The van der Waals surface area contributed by atoms with E-state index in [4.69, 9.17) is 0 Å². The molecule has 0 fully saturated rings. The van der Waals surface area contributed by atoms with Gasteiger partial charge >= 0.3 is 0 Å². The molecule has 0 spiro atoms. The minimum absolute atomic E-state index is 1.09. The van der Waals surface area contributed by atoms with Gasteiger partial charge in [-0.05, 0) is 110 Å². The van der Waals surface area contributed by atoms with E-state index >= 15 is 0 Å². The molecular weight excluding hydrogens is 725 g/mol. The maximum atomic E-state index is 2.44. The molecule has 0 saturated carbocycles. The summed E-state index contributed by atoms with van der Waals surface area (Å²) >= 11 is 0. The summed E-state index contributed by atoms with van der Waals surface area (Å²) in [7, 11) is 0. The number of rotatable bonds is 8. The minimum atomic E-state index is 1.09. The molecule has 0 amide bonds. The highest BCUT2D eigenvalue weighted by molar-refractivity contribution is 6.14. The van der Waals surface area contributed by atoms with E-state index in [9.17, 15) is 0 Å². The second-order valence-corrected chi connectivity index (χ2v) is 15.4. The molecule has 11 rings (SSSR count). The fourth-order valence-electron chi connectivity index (χ4n) is 8.79. The van der Waals surface area contributed by atoms with Crippen LogP contribution in [0.1, 0.15) is 0 Å². The normalized spacial score (nSPS) is 11.3. The van der Waals surface area contributed by atoms with Crippen LogP contribution >= 0.6 is 0 Å². The smallest absolute Gasteiger partial charge is 0.0547 e. The molecule has 0 atom stereocenters. The zero-order valence-electron chi connectivity index (χ0n) is 33.0. The minimum Gasteiger partial charge on any atom is -0.311 e. The van der Waals surface area contributed by atoms with E-state index in [0.717, 1.165) is 28.3 Å². The number of fused-ring (bicyclic) bond motifs is 4. The van der Waals surface area contributed by atoms with Crippen molar-refractivity contribution in [2.45, 2.75) is 0 Å². The second kappa shape index (κ2) is 15.1. The fourth-order valence-corrected chi connectivity index (χ4v) is 8.79. The summed E-state index contributed by atoms with van der Waals surface area (Å²) in [5, 5.41) is 5.01. The van der Waals surface area contributed by atoms with Gasteiger partial charge in [-0.1, -0.05) is 182 Å². The molecule has 0 aliphatic heterocycles. The van der Waals surface area contributed by atoms with E-state index in [1.807, 2.05) is 0 Å². The number of nitrogens with zero attached hydrogens (tertiary/aromatic N) is 2. The number of hydrogen-bond donors (Lipinski definition) is 0. The SMILES string of the molecule is c1ccc(-c2ccc(-c3ccc(N(c4ccc(-c5ccccc5)cc4)c4ccc(-c5ccccc5-n5c6ccccc6c6cc7ccccc7cc65)cc4)cc3)cc2)cc1. The maximum Gasteiger partial charge on any atom is 0.0547 e. The Kier molecular flexibility index (Phi) is 8.87. The van der Waals surface area contributed by atoms with E-state index < -0.39 is 0 Å². The van der Waals surface area contributed by atoms with Crippen LogP contribution in [0.25, 0.3) is 82.8 Å². The van der Waals surface area contributed by atoms with Crippen molar-refractivity contribution in [2.75, 3.05) is 4.90 Å². The Morgan fingerprint density at radius 2 is 0.667 bits per heavy atom. The molecule has 10 aromatic carbocycles. The third-order valence-corrected chi connectivity index (χ3v) is 11.8. The average Bonchev–Trinajstić information content (AvgIpc) is 3.65. The van der Waals surface area contributed by atoms with Crippen LogP contribution < -0.4 is 4.90 Å². The molecule has 2 heteroatoms. The molecule has 0 aliphatic rings. The van der Waals surface area contributed by atoms with Crippen LogP contribution in [0.4, 0.5) is 17.1 Å². The summed E-state index contributed by atoms with van der Waals surface area (Å²) in [5.41, 5.74) is 16.4. The van der Waals surface area contributed by atoms with Gasteiger partial charge in [-0.25, -0.2) is 0 Å². The first kappa shape index (κ1) is 35.2. The predicted molar refractivity (Wildman–Crippen MR) is 255 cm³/mol. The second-order valence-electron chi connectivity index (χ2n) is 15.4. The molecule has 0 aliphatic carbocycles. The lowest BCUT2D eigenvalue weighted by Crippen LogP contribution is -2.09. The van der Waals surface area contributed by atoms with Crippen LogP contribution in [0, 0.1) is 0 Å². The average molecular weight is 765 g/mol. The van der Waals surface area contributed by atoms with Crippen LogP contribution in [-0.4, -0.2) is 4.57 Å². The van der Waals surface area contributed by atoms with Gasteiger partial charge in [0.2, 0.25) is 0 Å². The number of anilines is 3. The highest BCUT2D eigenvalue weighted by atomic mass is 15.1. The topological polar surface area (TPSA) is 8.17 Å². The molecule has 1 heterocycles. The molecular formula is C58H40N2. The largest absolute Gasteiger partial charge is 0.311 e. The Morgan fingerprint density at radius 1 is 0.267 bits per heavy atom. The number of benzene rings is 10. The van der Waals surface area contributed by atoms with E-state index in [1.165, 1.54) is 71.5 Å². The quantitative estimate of drug-likeness (QED) is 0.150. The van der Waals surface area contributed by atoms with Crippen LogP contribution in [0.2, 0.25) is 0 Å². The molecule has 0 saturated heterocycles. The van der Waals surface area contributed by atoms with E-state index in [1.54, 1.807) is 0 Å². The lowest BCUT2D eigenvalue weighted by Gasteiger charge is -2.26. The third-order valence-electron chi connectivity index (χ3n) is 11.8. The van der Waals surface area contributed by atoms with Gasteiger partial charge < -0.3 is 9.47 Å². The Hall–Kier alpha value is -7.94. The van der Waals surface area contributed by atoms with Gasteiger partial charge in [0.15, 0.2) is 0 Å². The Bertz CT molecular complexity index is 3250. The van der Waals surface area contributed by atoms with E-state index in [-0.39, 0.29) is 0 Å². The van der Waals surface area contributed by atoms with Crippen LogP contribution in [0.15, 0.2) is 243 Å². The summed E-state index contributed by atoms with van der Waals surface area (Å²) in [6, 6.07) is 87.8. The summed E-state index contributed by atoms with van der Waals surface area (Å²) in [6.45, 7) is 0. The van der Waals surface area contributed by atoms with Gasteiger partial charge in [0.1, 0.15) is 0 Å². The standard InChI is InChI=1S/C58H40N2/c1-3-13-41(14-4-1)43-23-25-44(26-24-43)46-29-35-51(36-30-46)59(50-33-27-45(28-34-50)42-15-5-2-6-16-42)52-37-31-47(32-38-52)53-19-9-11-21-56(53)60-57-22-12-10-20-54(57)55-39-48-17-7-8-18-49(48)40-58(55)60/h1-40H. The molecule has 0 N–H and O–H groups in total. The van der Waals surface area contributed by atoms with Crippen molar-refractivity contribution in [2.24, 2.45) is 0 Å². The van der Waals surface area contributed by atoms with Crippen molar-refractivity contribution in [3.8, 4) is 50.2 Å². The molecule has 1 aromatic heterocycles. The van der Waals surface area contributed by atoms with E-state index in [0.29, 0.717) is 0 Å². The number of aromatic nitrogens is 1. The van der Waals surface area contributed by atoms with Crippen molar-refractivity contribution in [3.63, 3.8) is 0 Å². The van der Waals surface area contributed by atoms with Gasteiger partial charge in [-0.2, -0.15) is 0 Å². The summed E-state index contributed by atoms with van der Waals surface area (Å²) in [5.74, 6) is 0. The molecule has 0 bridgehead atoms. The van der Waals surface area contributed by atoms with Crippen LogP contribution in [-0.2, 0) is 0 Å². The van der Waals surface area contributed by atoms with Crippen molar-refractivity contribution in [3.05, 3.63) is 243 Å². The summed E-state index contributed by atoms with van der Waals surface area (Å²) < 4.78 is 2.44. The number of para-hydroxylation sites is 2. The van der Waals surface area contributed by atoms with Gasteiger partial charge in [0.05, 0.1) is 16.7 Å². The maximum absolute atomic E-state index is 2.44. The monoisotopic (exact) mass is 764 g/mol. The zero-order chi connectivity index (χ0) is 39.8. The predicted octanol–water partition coefficient (Wildman–Crippen LogP) is 16.1. The van der Waals surface area contributed by atoms with E-state index in [2.05, 4.69) is 252 Å². The molecule has 282 valence electrons. The van der Waals surface area contributed by atoms with Crippen molar-refractivity contribution >= 4 is 49.6 Å². The first-order valence-corrected chi connectivity index (χ1v) is 20.6. The summed E-state index contributed by atoms with van der Waals surface area (Å²) in [6.07, 6.45) is 0. The first-order valence-electron chi connectivity index (χ1n) is 20.6.